The third-order valence-electron chi connectivity index (χ3n) is 8.92. The Morgan fingerprint density at radius 2 is 1.82 bits per heavy atom. The van der Waals surface area contributed by atoms with Gasteiger partial charge >= 0.3 is 0 Å². The van der Waals surface area contributed by atoms with Crippen LogP contribution in [0.25, 0.3) is 0 Å². The number of sulfonamides is 1. The number of amides is 2. The highest BCUT2D eigenvalue weighted by Crippen LogP contribution is 2.54. The molecule has 4 N–H and O–H groups in total. The molecular formula is C30H41N5O4S. The fourth-order valence-corrected chi connectivity index (χ4v) is 8.06. The maximum absolute atomic E-state index is 14.2. The number of fused-ring (bicyclic) bond motifs is 1. The van der Waals surface area contributed by atoms with Gasteiger partial charge in [0, 0.05) is 18.8 Å². The molecular weight excluding hydrogens is 526 g/mol. The number of piperidine rings is 1. The Balaban J connectivity index is 1.34. The number of aromatic nitrogens is 1. The molecule has 2 aromatic rings. The second-order valence-electron chi connectivity index (χ2n) is 11.8. The Labute approximate surface area is 237 Å². The zero-order valence-electron chi connectivity index (χ0n) is 23.3. The monoisotopic (exact) mass is 567 g/mol. The standard InChI is InChI=1S/C30H41N5O4S/c1-21-24(14-15-27(31)33-21)19-32-29(37)30-18-25(30)13-8-16-35(30)28(36)26(17-22-9-4-2-5-10-22)34-40(38,39)20-23-11-6-3-7-12-23/h3,6-7,11-12,14-15,22,25-26,34H,2,4-5,8-10,13,16-20H2,1H3,(H2,31,33)(H,32,37)/t25-,26-,30+/m1/s1. The van der Waals surface area contributed by atoms with Gasteiger partial charge in [0.1, 0.15) is 17.4 Å². The number of anilines is 1. The smallest absolute Gasteiger partial charge is 0.246 e. The van der Waals surface area contributed by atoms with Gasteiger partial charge in [-0.15, -0.1) is 0 Å². The average molecular weight is 568 g/mol. The third kappa shape index (κ3) is 6.33. The van der Waals surface area contributed by atoms with Crippen LogP contribution in [0, 0.1) is 18.8 Å². The molecule has 5 rings (SSSR count). The lowest BCUT2D eigenvalue weighted by atomic mass is 9.84. The number of nitrogens with zero attached hydrogens (tertiary/aromatic N) is 2. The zero-order chi connectivity index (χ0) is 28.3. The highest BCUT2D eigenvalue weighted by molar-refractivity contribution is 7.88. The summed E-state index contributed by atoms with van der Waals surface area (Å²) in [6, 6.07) is 11.7. The molecule has 3 fully saturated rings. The highest BCUT2D eigenvalue weighted by Gasteiger charge is 2.66. The van der Waals surface area contributed by atoms with Gasteiger partial charge in [-0.25, -0.2) is 18.1 Å². The molecule has 1 aromatic carbocycles. The van der Waals surface area contributed by atoms with Crippen molar-refractivity contribution in [2.75, 3.05) is 12.3 Å². The lowest BCUT2D eigenvalue weighted by Crippen LogP contribution is -2.60. The first-order valence-electron chi connectivity index (χ1n) is 14.5. The molecule has 1 saturated heterocycles. The van der Waals surface area contributed by atoms with E-state index in [1.54, 1.807) is 35.2 Å². The summed E-state index contributed by atoms with van der Waals surface area (Å²) in [7, 11) is -3.78. The van der Waals surface area contributed by atoms with Gasteiger partial charge in [0.05, 0.1) is 5.75 Å². The number of carbonyl (C=O) groups excluding carboxylic acids is 2. The summed E-state index contributed by atoms with van der Waals surface area (Å²) in [6.07, 6.45) is 8.11. The maximum Gasteiger partial charge on any atom is 0.246 e. The van der Waals surface area contributed by atoms with Gasteiger partial charge in [0.2, 0.25) is 21.8 Å². The minimum atomic E-state index is -3.78. The molecule has 2 heterocycles. The van der Waals surface area contributed by atoms with Crippen molar-refractivity contribution in [3.63, 3.8) is 0 Å². The number of nitrogens with one attached hydrogen (secondary N) is 2. The molecule has 9 nitrogen and oxygen atoms in total. The van der Waals surface area contributed by atoms with Crippen molar-refractivity contribution in [3.8, 4) is 0 Å². The summed E-state index contributed by atoms with van der Waals surface area (Å²) in [5, 5.41) is 3.04. The van der Waals surface area contributed by atoms with Gasteiger partial charge in [-0.1, -0.05) is 68.5 Å². The lowest BCUT2D eigenvalue weighted by Gasteiger charge is -2.38. The van der Waals surface area contributed by atoms with Crippen LogP contribution in [0.4, 0.5) is 5.82 Å². The summed E-state index contributed by atoms with van der Waals surface area (Å²) in [5.74, 6) is 0.164. The number of carbonyl (C=O) groups is 2. The fraction of sp³-hybridized carbons (Fsp3) is 0.567. The number of hydrogen-bond acceptors (Lipinski definition) is 6. The van der Waals surface area contributed by atoms with Crippen LogP contribution >= 0.6 is 0 Å². The number of likely N-dealkylation sites (tertiary alicyclic amines) is 1. The first kappa shape index (κ1) is 28.5. The second kappa shape index (κ2) is 11.9. The number of nitrogens with two attached hydrogens (primary N) is 1. The van der Waals surface area contributed by atoms with E-state index in [4.69, 9.17) is 5.73 Å². The van der Waals surface area contributed by atoms with Crippen molar-refractivity contribution < 1.29 is 18.0 Å². The van der Waals surface area contributed by atoms with Crippen LogP contribution in [-0.2, 0) is 31.9 Å². The number of pyridine rings is 1. The molecule has 40 heavy (non-hydrogen) atoms. The van der Waals surface area contributed by atoms with Crippen LogP contribution in [0.1, 0.15) is 74.6 Å². The van der Waals surface area contributed by atoms with Crippen LogP contribution < -0.4 is 15.8 Å². The topological polar surface area (TPSA) is 134 Å². The summed E-state index contributed by atoms with van der Waals surface area (Å²) in [6.45, 7) is 2.60. The van der Waals surface area contributed by atoms with Gasteiger partial charge in [-0.05, 0) is 61.6 Å². The van der Waals surface area contributed by atoms with Crippen molar-refractivity contribution in [1.29, 1.82) is 0 Å². The minimum Gasteiger partial charge on any atom is -0.384 e. The Hall–Kier alpha value is -2.98. The number of rotatable bonds is 10. The van der Waals surface area contributed by atoms with Crippen molar-refractivity contribution in [2.24, 2.45) is 11.8 Å². The van der Waals surface area contributed by atoms with E-state index < -0.39 is 21.6 Å². The van der Waals surface area contributed by atoms with Crippen molar-refractivity contribution in [2.45, 2.75) is 88.6 Å². The Kier molecular flexibility index (Phi) is 8.47. The lowest BCUT2D eigenvalue weighted by molar-refractivity contribution is -0.146. The predicted molar refractivity (Wildman–Crippen MR) is 154 cm³/mol. The molecule has 2 aliphatic carbocycles. The molecule has 10 heteroatoms. The zero-order valence-corrected chi connectivity index (χ0v) is 24.1. The Bertz CT molecular complexity index is 1330. The number of hydrogen-bond donors (Lipinski definition) is 3. The fourth-order valence-electron chi connectivity index (χ4n) is 6.71. The van der Waals surface area contributed by atoms with E-state index in [1.807, 2.05) is 19.1 Å². The van der Waals surface area contributed by atoms with E-state index >= 15 is 0 Å². The minimum absolute atomic E-state index is 0.0899. The van der Waals surface area contributed by atoms with Crippen LogP contribution in [-0.4, -0.2) is 48.2 Å². The van der Waals surface area contributed by atoms with Gasteiger partial charge in [0.25, 0.3) is 0 Å². The predicted octanol–water partition coefficient (Wildman–Crippen LogP) is 3.43. The molecule has 216 valence electrons. The largest absolute Gasteiger partial charge is 0.384 e. The molecule has 0 unspecified atom stereocenters. The molecule has 0 bridgehead atoms. The van der Waals surface area contributed by atoms with E-state index in [2.05, 4.69) is 15.0 Å². The van der Waals surface area contributed by atoms with Gasteiger partial charge in [-0.3, -0.25) is 9.59 Å². The normalized spacial score (nSPS) is 23.7. The number of nitrogen functional groups attached to an aromatic ring is 1. The van der Waals surface area contributed by atoms with Crippen molar-refractivity contribution in [3.05, 3.63) is 59.3 Å². The molecule has 1 aliphatic heterocycles. The summed E-state index contributed by atoms with van der Waals surface area (Å²) in [4.78, 5) is 33.9. The molecule has 3 aliphatic rings. The van der Waals surface area contributed by atoms with Crippen molar-refractivity contribution in [1.82, 2.24) is 19.9 Å². The van der Waals surface area contributed by atoms with Crippen LogP contribution in [0.15, 0.2) is 42.5 Å². The first-order valence-corrected chi connectivity index (χ1v) is 16.2. The van der Waals surface area contributed by atoms with Crippen LogP contribution in [0.3, 0.4) is 0 Å². The van der Waals surface area contributed by atoms with Crippen LogP contribution in [0.5, 0.6) is 0 Å². The van der Waals surface area contributed by atoms with Crippen LogP contribution in [0.2, 0.25) is 0 Å². The number of aryl methyl sites for hydroxylation is 1. The average Bonchev–Trinajstić information content (AvgIpc) is 3.69. The molecule has 2 saturated carbocycles. The maximum atomic E-state index is 14.2. The highest BCUT2D eigenvalue weighted by atomic mass is 32.2. The van der Waals surface area contributed by atoms with Gasteiger partial charge in [-0.2, -0.15) is 0 Å². The van der Waals surface area contributed by atoms with E-state index in [-0.39, 0.29) is 29.4 Å². The SMILES string of the molecule is Cc1nc(N)ccc1CNC(=O)[C@]12C[C@H]1CCCN2C(=O)[C@@H](CC1CCCCC1)NS(=O)(=O)Cc1ccccc1. The van der Waals surface area contributed by atoms with E-state index in [0.29, 0.717) is 37.3 Å². The summed E-state index contributed by atoms with van der Waals surface area (Å²) >= 11 is 0. The van der Waals surface area contributed by atoms with Gasteiger partial charge in [0.15, 0.2) is 0 Å². The summed E-state index contributed by atoms with van der Waals surface area (Å²) in [5.41, 5.74) is 7.14. The van der Waals surface area contributed by atoms with E-state index in [0.717, 1.165) is 49.8 Å². The molecule has 1 aromatic heterocycles. The molecule has 2 amide bonds. The quantitative estimate of drug-likeness (QED) is 0.403. The molecule has 3 atom stereocenters. The van der Waals surface area contributed by atoms with Gasteiger partial charge < -0.3 is 16.0 Å². The Morgan fingerprint density at radius 1 is 1.07 bits per heavy atom. The Morgan fingerprint density at radius 3 is 2.55 bits per heavy atom. The number of benzene rings is 1. The second-order valence-corrected chi connectivity index (χ2v) is 13.5. The van der Waals surface area contributed by atoms with E-state index in [1.165, 1.54) is 6.42 Å². The first-order chi connectivity index (χ1) is 19.2. The molecule has 0 spiro atoms. The van der Waals surface area contributed by atoms with E-state index in [9.17, 15) is 18.0 Å². The van der Waals surface area contributed by atoms with Crippen molar-refractivity contribution >= 4 is 27.7 Å². The molecule has 0 radical (unpaired) electrons. The third-order valence-corrected chi connectivity index (χ3v) is 10.3. The summed E-state index contributed by atoms with van der Waals surface area (Å²) < 4.78 is 29.3.